The van der Waals surface area contributed by atoms with Crippen molar-refractivity contribution in [1.29, 1.82) is 0 Å². The summed E-state index contributed by atoms with van der Waals surface area (Å²) in [6.07, 6.45) is 0.222. The summed E-state index contributed by atoms with van der Waals surface area (Å²) in [7, 11) is 0. The first-order chi connectivity index (χ1) is 4.54. The summed E-state index contributed by atoms with van der Waals surface area (Å²) >= 11 is 0. The molecule has 0 fully saturated rings. The van der Waals surface area contributed by atoms with E-state index in [1.54, 1.807) is 0 Å². The number of hydrogen-bond acceptors (Lipinski definition) is 4. The fourth-order valence-electron chi connectivity index (χ4n) is 0. The first kappa shape index (κ1) is 16.8. The molecule has 0 spiro atoms. The van der Waals surface area contributed by atoms with Crippen LogP contribution in [0.4, 0.5) is 0 Å². The number of carbonyl (C=O) groups excluding carboxylic acids is 2. The molecule has 0 aromatic rings. The molecule has 0 N–H and O–H groups in total. The van der Waals surface area contributed by atoms with Gasteiger partial charge in [-0.3, -0.25) is 0 Å². The maximum Gasteiger partial charge on any atom is 2.00 e. The van der Waals surface area contributed by atoms with Crippen LogP contribution in [0, 0.1) is 0 Å². The van der Waals surface area contributed by atoms with E-state index in [4.69, 9.17) is 0 Å². The van der Waals surface area contributed by atoms with Crippen molar-refractivity contribution >= 4 is 11.9 Å². The monoisotopic (exact) mass is 202 g/mol. The molecule has 0 saturated heterocycles. The van der Waals surface area contributed by atoms with Crippen LogP contribution in [-0.2, 0) is 26.7 Å². The largest absolute Gasteiger partial charge is 2.00 e. The molecule has 0 aromatic carbocycles. The van der Waals surface area contributed by atoms with Crippen LogP contribution in [0.15, 0.2) is 0 Å². The van der Waals surface area contributed by atoms with Gasteiger partial charge >= 0.3 is 17.1 Å². The zero-order valence-electron chi connectivity index (χ0n) is 6.40. The van der Waals surface area contributed by atoms with Crippen LogP contribution in [0.5, 0.6) is 0 Å². The molecule has 5 heteroatoms. The molecule has 0 atom stereocenters. The molecule has 0 heterocycles. The van der Waals surface area contributed by atoms with Crippen molar-refractivity contribution in [2.75, 3.05) is 0 Å². The molecule has 0 amide bonds. The van der Waals surface area contributed by atoms with Crippen molar-refractivity contribution in [3.05, 3.63) is 0 Å². The van der Waals surface area contributed by atoms with E-state index < -0.39 is 11.9 Å². The van der Waals surface area contributed by atoms with Gasteiger partial charge in [0, 0.05) is 11.9 Å². The van der Waals surface area contributed by atoms with Crippen molar-refractivity contribution in [3.8, 4) is 0 Å². The summed E-state index contributed by atoms with van der Waals surface area (Å²) in [5.41, 5.74) is 0. The van der Waals surface area contributed by atoms with Gasteiger partial charge in [-0.1, -0.05) is 13.8 Å². The molecule has 11 heavy (non-hydrogen) atoms. The van der Waals surface area contributed by atoms with Crippen molar-refractivity contribution < 1.29 is 36.9 Å². The Morgan fingerprint density at radius 3 is 1.09 bits per heavy atom. The summed E-state index contributed by atoms with van der Waals surface area (Å²) in [6, 6.07) is 0. The molecular formula is C6H10FeO4. The molecule has 0 unspecified atom stereocenters. The number of carbonyl (C=O) groups is 2. The first-order valence-electron chi connectivity index (χ1n) is 2.94. The van der Waals surface area contributed by atoms with Gasteiger partial charge in [-0.05, 0) is 12.8 Å². The Kier molecular flexibility index (Phi) is 18.6. The summed E-state index contributed by atoms with van der Waals surface area (Å²) < 4.78 is 0. The Bertz CT molecular complexity index is 99.1. The fourth-order valence-corrected chi connectivity index (χ4v) is 0. The normalized spacial score (nSPS) is 6.73. The second-order valence-corrected chi connectivity index (χ2v) is 1.45. The summed E-state index contributed by atoms with van der Waals surface area (Å²) in [5.74, 6) is -1.99. The molecule has 0 aliphatic heterocycles. The predicted molar refractivity (Wildman–Crippen MR) is 30.6 cm³/mol. The Hall–Kier alpha value is -0.541. The Labute approximate surface area is 76.1 Å². The van der Waals surface area contributed by atoms with Crippen LogP contribution in [0.2, 0.25) is 0 Å². The van der Waals surface area contributed by atoms with Crippen LogP contribution in [0.25, 0.3) is 0 Å². The Morgan fingerprint density at radius 1 is 1.00 bits per heavy atom. The van der Waals surface area contributed by atoms with E-state index in [-0.39, 0.29) is 29.9 Å². The zero-order valence-corrected chi connectivity index (χ0v) is 7.50. The van der Waals surface area contributed by atoms with E-state index in [9.17, 15) is 19.8 Å². The minimum atomic E-state index is -0.995. The number of hydrogen-bond donors (Lipinski definition) is 0. The third-order valence-corrected chi connectivity index (χ3v) is 0.577. The number of rotatable bonds is 2. The average Bonchev–Trinajstić information content (AvgIpc) is 1.89. The van der Waals surface area contributed by atoms with Gasteiger partial charge < -0.3 is 19.8 Å². The zero-order chi connectivity index (χ0) is 8.57. The van der Waals surface area contributed by atoms with Crippen LogP contribution >= 0.6 is 0 Å². The Balaban J connectivity index is -0.000000107. The van der Waals surface area contributed by atoms with Gasteiger partial charge in [0.25, 0.3) is 0 Å². The van der Waals surface area contributed by atoms with E-state index in [0.29, 0.717) is 0 Å². The van der Waals surface area contributed by atoms with Gasteiger partial charge in [0.05, 0.1) is 0 Å². The van der Waals surface area contributed by atoms with Crippen molar-refractivity contribution in [2.24, 2.45) is 0 Å². The van der Waals surface area contributed by atoms with E-state index >= 15 is 0 Å². The summed E-state index contributed by atoms with van der Waals surface area (Å²) in [5, 5.41) is 18.5. The molecule has 0 rings (SSSR count). The smallest absolute Gasteiger partial charge is 0.550 e. The van der Waals surface area contributed by atoms with E-state index in [1.807, 2.05) is 0 Å². The minimum Gasteiger partial charge on any atom is -0.550 e. The van der Waals surface area contributed by atoms with Crippen LogP contribution in [-0.4, -0.2) is 11.9 Å². The maximum atomic E-state index is 9.26. The molecule has 0 aromatic heterocycles. The fraction of sp³-hybridized carbons (Fsp3) is 0.667. The topological polar surface area (TPSA) is 80.3 Å². The maximum absolute atomic E-state index is 9.26. The molecule has 0 aliphatic carbocycles. The summed E-state index contributed by atoms with van der Waals surface area (Å²) in [4.78, 5) is 18.5. The first-order valence-corrected chi connectivity index (χ1v) is 2.94. The standard InChI is InChI=1S/2C3H6O2.Fe/c2*1-2-3(4)5;/h2*2H2,1H3,(H,4,5);/q;;+2/p-2. The van der Waals surface area contributed by atoms with Crippen molar-refractivity contribution in [1.82, 2.24) is 0 Å². The predicted octanol–water partition coefficient (Wildman–Crippen LogP) is -1.71. The molecule has 0 bridgehead atoms. The van der Waals surface area contributed by atoms with Gasteiger partial charge in [0.15, 0.2) is 0 Å². The molecular weight excluding hydrogens is 192 g/mol. The van der Waals surface area contributed by atoms with E-state index in [0.717, 1.165) is 0 Å². The molecule has 66 valence electrons. The van der Waals surface area contributed by atoms with Gasteiger partial charge in [-0.25, -0.2) is 0 Å². The van der Waals surface area contributed by atoms with Gasteiger partial charge in [-0.2, -0.15) is 0 Å². The minimum absolute atomic E-state index is 0. The molecule has 0 saturated carbocycles. The van der Waals surface area contributed by atoms with Gasteiger partial charge in [0.1, 0.15) is 0 Å². The summed E-state index contributed by atoms with van der Waals surface area (Å²) in [6.45, 7) is 3.07. The second kappa shape index (κ2) is 12.2. The van der Waals surface area contributed by atoms with E-state index in [1.165, 1.54) is 13.8 Å². The van der Waals surface area contributed by atoms with Crippen molar-refractivity contribution in [2.45, 2.75) is 26.7 Å². The molecule has 0 aliphatic rings. The SMILES string of the molecule is CCC(=O)[O-].CCC(=O)[O-].[Fe+2]. The van der Waals surface area contributed by atoms with Gasteiger partial charge in [0.2, 0.25) is 0 Å². The van der Waals surface area contributed by atoms with Crippen LogP contribution < -0.4 is 10.2 Å². The van der Waals surface area contributed by atoms with E-state index in [2.05, 4.69) is 0 Å². The Morgan fingerprint density at radius 2 is 1.09 bits per heavy atom. The average molecular weight is 202 g/mol. The number of aliphatic carboxylic acids is 2. The molecule has 0 radical (unpaired) electrons. The van der Waals surface area contributed by atoms with Crippen LogP contribution in [0.1, 0.15) is 26.7 Å². The third kappa shape index (κ3) is 44.0. The van der Waals surface area contributed by atoms with Gasteiger partial charge in [-0.15, -0.1) is 0 Å². The van der Waals surface area contributed by atoms with Crippen molar-refractivity contribution in [3.63, 3.8) is 0 Å². The second-order valence-electron chi connectivity index (χ2n) is 1.45. The number of carboxylic acid groups (broad SMARTS) is 2. The molecule has 4 nitrogen and oxygen atoms in total. The quantitative estimate of drug-likeness (QED) is 0.499. The van der Waals surface area contributed by atoms with Crippen LogP contribution in [0.3, 0.4) is 0 Å². The third-order valence-electron chi connectivity index (χ3n) is 0.577. The number of carboxylic acids is 2.